The van der Waals surface area contributed by atoms with E-state index in [9.17, 15) is 4.79 Å². The Balaban J connectivity index is 1.63. The molecule has 0 saturated heterocycles. The minimum absolute atomic E-state index is 0.112. The third-order valence-electron chi connectivity index (χ3n) is 4.43. The first-order chi connectivity index (χ1) is 12.1. The van der Waals surface area contributed by atoms with Crippen LogP contribution in [0.1, 0.15) is 22.4 Å². The Morgan fingerprint density at radius 1 is 0.840 bits per heavy atom. The van der Waals surface area contributed by atoms with Crippen LogP contribution in [-0.2, 0) is 32.7 Å². The zero-order valence-electron chi connectivity index (χ0n) is 14.5. The van der Waals surface area contributed by atoms with Crippen molar-refractivity contribution in [3.05, 3.63) is 93.4 Å². The van der Waals surface area contributed by atoms with Crippen molar-refractivity contribution in [3.63, 3.8) is 0 Å². The molecule has 0 aliphatic carbocycles. The summed E-state index contributed by atoms with van der Waals surface area (Å²) in [7, 11) is 1.63. The number of anilines is 1. The molecular weight excluding hydrogens is 310 g/mol. The molecule has 0 bridgehead atoms. The van der Waals surface area contributed by atoms with E-state index < -0.39 is 0 Å². The zero-order valence-corrected chi connectivity index (χ0v) is 14.5. The Kier molecular flexibility index (Phi) is 5.29. The predicted octanol–water partition coefficient (Wildman–Crippen LogP) is 2.93. The van der Waals surface area contributed by atoms with Crippen molar-refractivity contribution in [1.82, 2.24) is 9.55 Å². The van der Waals surface area contributed by atoms with Crippen LogP contribution in [0.2, 0.25) is 0 Å². The van der Waals surface area contributed by atoms with Gasteiger partial charge >= 0.3 is 0 Å². The Morgan fingerprint density at radius 3 is 2.12 bits per heavy atom. The van der Waals surface area contributed by atoms with Crippen LogP contribution in [0, 0.1) is 0 Å². The largest absolute Gasteiger partial charge is 0.369 e. The second-order valence-electron chi connectivity index (χ2n) is 6.31. The minimum atomic E-state index is -0.112. The second-order valence-corrected chi connectivity index (χ2v) is 6.31. The number of nitrogen functional groups attached to an aromatic ring is 1. The molecule has 4 nitrogen and oxygen atoms in total. The van der Waals surface area contributed by atoms with Crippen molar-refractivity contribution in [2.75, 3.05) is 5.73 Å². The van der Waals surface area contributed by atoms with Crippen molar-refractivity contribution in [1.29, 1.82) is 0 Å². The lowest BCUT2D eigenvalue weighted by molar-refractivity contribution is 0.805. The summed E-state index contributed by atoms with van der Waals surface area (Å²) in [4.78, 5) is 16.1. The molecule has 0 radical (unpaired) electrons. The van der Waals surface area contributed by atoms with Crippen molar-refractivity contribution >= 4 is 5.95 Å². The van der Waals surface area contributed by atoms with Gasteiger partial charge in [0, 0.05) is 13.1 Å². The molecule has 0 spiro atoms. The number of benzene rings is 2. The number of rotatable bonds is 6. The predicted molar refractivity (Wildman–Crippen MR) is 102 cm³/mol. The lowest BCUT2D eigenvalue weighted by Gasteiger charge is -2.07. The first kappa shape index (κ1) is 17.0. The first-order valence-electron chi connectivity index (χ1n) is 8.56. The normalized spacial score (nSPS) is 10.8. The van der Waals surface area contributed by atoms with Gasteiger partial charge in [0.2, 0.25) is 5.95 Å². The molecule has 1 aromatic heterocycles. The van der Waals surface area contributed by atoms with Crippen LogP contribution in [0.5, 0.6) is 0 Å². The van der Waals surface area contributed by atoms with Gasteiger partial charge in [-0.2, -0.15) is 0 Å². The number of nitrogens with zero attached hydrogens (tertiary/aromatic N) is 2. The number of aryl methyl sites for hydroxylation is 4. The van der Waals surface area contributed by atoms with Crippen molar-refractivity contribution in [2.45, 2.75) is 25.7 Å². The smallest absolute Gasteiger partial charge is 0.254 e. The van der Waals surface area contributed by atoms with Gasteiger partial charge in [0.25, 0.3) is 5.56 Å². The number of nitrogens with two attached hydrogens (primary N) is 1. The van der Waals surface area contributed by atoms with E-state index in [4.69, 9.17) is 5.73 Å². The fourth-order valence-corrected chi connectivity index (χ4v) is 2.88. The van der Waals surface area contributed by atoms with Gasteiger partial charge in [-0.25, -0.2) is 4.98 Å². The van der Waals surface area contributed by atoms with E-state index in [1.54, 1.807) is 13.1 Å². The average Bonchev–Trinajstić information content (AvgIpc) is 2.64. The Hall–Kier alpha value is -2.88. The molecule has 2 N–H and O–H groups in total. The molecular formula is C21H23N3O. The monoisotopic (exact) mass is 333 g/mol. The molecule has 25 heavy (non-hydrogen) atoms. The molecule has 0 fully saturated rings. The quantitative estimate of drug-likeness (QED) is 0.754. The van der Waals surface area contributed by atoms with Gasteiger partial charge in [-0.3, -0.25) is 9.36 Å². The fraction of sp³-hybridized carbons (Fsp3) is 0.238. The van der Waals surface area contributed by atoms with E-state index >= 15 is 0 Å². The molecule has 0 amide bonds. The van der Waals surface area contributed by atoms with E-state index in [1.807, 2.05) is 6.07 Å². The molecule has 2 aromatic carbocycles. The second kappa shape index (κ2) is 7.79. The maximum absolute atomic E-state index is 11.8. The topological polar surface area (TPSA) is 60.9 Å². The number of aromatic nitrogens is 2. The van der Waals surface area contributed by atoms with Crippen LogP contribution in [0.3, 0.4) is 0 Å². The van der Waals surface area contributed by atoms with Crippen LogP contribution in [-0.4, -0.2) is 9.55 Å². The maximum atomic E-state index is 11.8. The summed E-state index contributed by atoms with van der Waals surface area (Å²) in [6.07, 6.45) is 3.62. The molecule has 0 aliphatic rings. The number of hydrogen-bond donors (Lipinski definition) is 1. The number of hydrogen-bond acceptors (Lipinski definition) is 3. The Morgan fingerprint density at radius 2 is 1.44 bits per heavy atom. The average molecular weight is 333 g/mol. The summed E-state index contributed by atoms with van der Waals surface area (Å²) in [6.45, 7) is 0. The molecule has 128 valence electrons. The van der Waals surface area contributed by atoms with Gasteiger partial charge in [-0.1, -0.05) is 54.6 Å². The summed E-state index contributed by atoms with van der Waals surface area (Å²) in [5.74, 6) is 0.263. The van der Waals surface area contributed by atoms with Crippen LogP contribution in [0.4, 0.5) is 5.95 Å². The van der Waals surface area contributed by atoms with E-state index in [0.717, 1.165) is 25.0 Å². The van der Waals surface area contributed by atoms with E-state index in [0.29, 0.717) is 6.42 Å². The van der Waals surface area contributed by atoms with Gasteiger partial charge in [0.15, 0.2) is 0 Å². The molecule has 0 aliphatic heterocycles. The van der Waals surface area contributed by atoms with Crippen LogP contribution >= 0.6 is 0 Å². The van der Waals surface area contributed by atoms with E-state index in [1.165, 1.54) is 21.3 Å². The molecule has 0 atom stereocenters. The molecule has 3 aromatic rings. The summed E-state index contributed by atoms with van der Waals surface area (Å²) >= 11 is 0. The van der Waals surface area contributed by atoms with Crippen LogP contribution in [0.15, 0.2) is 65.5 Å². The zero-order chi connectivity index (χ0) is 17.6. The van der Waals surface area contributed by atoms with Gasteiger partial charge in [0.1, 0.15) is 0 Å². The fourth-order valence-electron chi connectivity index (χ4n) is 2.88. The lowest BCUT2D eigenvalue weighted by Crippen LogP contribution is -2.21. The minimum Gasteiger partial charge on any atom is -0.369 e. The summed E-state index contributed by atoms with van der Waals surface area (Å²) in [6, 6.07) is 20.7. The van der Waals surface area contributed by atoms with E-state index in [2.05, 4.69) is 53.5 Å². The highest BCUT2D eigenvalue weighted by Crippen LogP contribution is 2.12. The third kappa shape index (κ3) is 4.57. The van der Waals surface area contributed by atoms with Gasteiger partial charge < -0.3 is 5.73 Å². The van der Waals surface area contributed by atoms with Crippen LogP contribution in [0.25, 0.3) is 0 Å². The Labute approximate surface area is 148 Å². The van der Waals surface area contributed by atoms with Crippen LogP contribution < -0.4 is 11.3 Å². The molecule has 4 heteroatoms. The summed E-state index contributed by atoms with van der Waals surface area (Å²) in [5.41, 5.74) is 10.3. The maximum Gasteiger partial charge on any atom is 0.254 e. The van der Waals surface area contributed by atoms with Crippen molar-refractivity contribution in [2.24, 2.45) is 7.05 Å². The summed E-state index contributed by atoms with van der Waals surface area (Å²) < 4.78 is 1.35. The van der Waals surface area contributed by atoms with Crippen molar-refractivity contribution < 1.29 is 0 Å². The lowest BCUT2D eigenvalue weighted by atomic mass is 10.0. The van der Waals surface area contributed by atoms with E-state index in [-0.39, 0.29) is 11.5 Å². The molecule has 3 rings (SSSR count). The van der Waals surface area contributed by atoms with Gasteiger partial charge in [0.05, 0.1) is 5.69 Å². The first-order valence-corrected chi connectivity index (χ1v) is 8.56. The highest BCUT2D eigenvalue weighted by molar-refractivity contribution is 5.27. The van der Waals surface area contributed by atoms with Gasteiger partial charge in [-0.15, -0.1) is 0 Å². The SMILES string of the molecule is Cn1c(N)nc(CCc2cccc(CCc3ccccc3)c2)cc1=O. The highest BCUT2D eigenvalue weighted by atomic mass is 16.1. The third-order valence-corrected chi connectivity index (χ3v) is 4.43. The summed E-state index contributed by atoms with van der Waals surface area (Å²) in [5, 5.41) is 0. The molecule has 1 heterocycles. The standard InChI is InChI=1S/C21H23N3O/c1-24-20(25)15-19(23-21(24)22)13-12-18-9-5-8-17(14-18)11-10-16-6-3-2-4-7-16/h2-9,14-15H,10-13H2,1H3,(H2,22,23). The highest BCUT2D eigenvalue weighted by Gasteiger charge is 2.04. The van der Waals surface area contributed by atoms with Gasteiger partial charge in [-0.05, 0) is 42.4 Å². The molecule has 0 unspecified atom stereocenters. The van der Waals surface area contributed by atoms with Crippen molar-refractivity contribution in [3.8, 4) is 0 Å². The molecule has 0 saturated carbocycles. The Bertz CT molecular complexity index is 901.